The first-order valence-corrected chi connectivity index (χ1v) is 14.9. The average Bonchev–Trinajstić information content (AvgIpc) is 3.04. The molecule has 0 fully saturated rings. The Balaban J connectivity index is 1.41. The summed E-state index contributed by atoms with van der Waals surface area (Å²) in [6, 6.07) is 34.0. The molecule has 216 valence electrons. The Kier molecular flexibility index (Phi) is 9.75. The van der Waals surface area contributed by atoms with E-state index in [1.807, 2.05) is 35.4 Å². The number of rotatable bonds is 11. The molecule has 0 atom stereocenters. The number of aryl methyl sites for hydroxylation is 2. The zero-order valence-electron chi connectivity index (χ0n) is 25.2. The molecule has 0 bridgehead atoms. The van der Waals surface area contributed by atoms with Crippen LogP contribution in [0.2, 0.25) is 0 Å². The summed E-state index contributed by atoms with van der Waals surface area (Å²) in [5.41, 5.74) is 8.77. The fraction of sp³-hybridized carbons (Fsp3) is 0.184. The molecule has 0 saturated carbocycles. The van der Waals surface area contributed by atoms with Crippen molar-refractivity contribution in [1.29, 1.82) is 0 Å². The van der Waals surface area contributed by atoms with E-state index in [4.69, 9.17) is 4.74 Å². The molecule has 0 aliphatic carbocycles. The number of anilines is 3. The molecule has 0 amide bonds. The summed E-state index contributed by atoms with van der Waals surface area (Å²) >= 11 is 0. The number of hydrogen-bond donors (Lipinski definition) is 0. The molecule has 2 heterocycles. The second-order valence-corrected chi connectivity index (χ2v) is 10.7. The Morgan fingerprint density at radius 1 is 0.628 bits per heavy atom. The third-order valence-corrected chi connectivity index (χ3v) is 7.43. The first-order valence-electron chi connectivity index (χ1n) is 14.9. The topological polar surface area (TPSA) is 37.3 Å². The van der Waals surface area contributed by atoms with Crippen molar-refractivity contribution in [3.8, 4) is 22.3 Å². The van der Waals surface area contributed by atoms with Crippen LogP contribution in [0.3, 0.4) is 0 Å². The van der Waals surface area contributed by atoms with E-state index in [9.17, 15) is 4.79 Å². The van der Waals surface area contributed by atoms with Crippen LogP contribution in [0.1, 0.15) is 31.7 Å². The maximum Gasteiger partial charge on any atom is 0.330 e. The Morgan fingerprint density at radius 3 is 1.49 bits per heavy atom. The van der Waals surface area contributed by atoms with Crippen LogP contribution in [-0.4, -0.2) is 12.6 Å². The van der Waals surface area contributed by atoms with Crippen LogP contribution in [0.25, 0.3) is 28.3 Å². The number of ether oxygens (including phenoxy) is 1. The van der Waals surface area contributed by atoms with Crippen molar-refractivity contribution in [2.24, 2.45) is 14.1 Å². The van der Waals surface area contributed by atoms with Crippen LogP contribution in [0, 0.1) is 0 Å². The summed E-state index contributed by atoms with van der Waals surface area (Å²) in [6.45, 7) is 2.60. The van der Waals surface area contributed by atoms with Crippen LogP contribution in [0.4, 0.5) is 17.1 Å². The summed E-state index contributed by atoms with van der Waals surface area (Å²) in [6.07, 6.45) is 14.6. The van der Waals surface area contributed by atoms with Gasteiger partial charge in [0, 0.05) is 47.4 Å². The van der Waals surface area contributed by atoms with Crippen molar-refractivity contribution in [2.45, 2.75) is 26.2 Å². The molecule has 0 aliphatic heterocycles. The highest BCUT2D eigenvalue weighted by Crippen LogP contribution is 2.36. The van der Waals surface area contributed by atoms with Crippen molar-refractivity contribution in [1.82, 2.24) is 0 Å². The lowest BCUT2D eigenvalue weighted by Gasteiger charge is -2.26. The van der Waals surface area contributed by atoms with Gasteiger partial charge in [0.05, 0.1) is 6.61 Å². The molecule has 0 radical (unpaired) electrons. The Hall–Kier alpha value is -5.03. The van der Waals surface area contributed by atoms with E-state index < -0.39 is 0 Å². The molecule has 0 aliphatic rings. The zero-order chi connectivity index (χ0) is 30.0. The fourth-order valence-corrected chi connectivity index (χ4v) is 4.91. The van der Waals surface area contributed by atoms with Crippen LogP contribution >= 0.6 is 0 Å². The second kappa shape index (κ2) is 14.2. The molecule has 0 saturated heterocycles. The third kappa shape index (κ3) is 7.83. The lowest BCUT2D eigenvalue weighted by atomic mass is 10.0. The van der Waals surface area contributed by atoms with Gasteiger partial charge in [-0.15, -0.1) is 0 Å². The SMILES string of the molecule is CCCCCOC(=O)/C=C/c1ccc(N(c2ccc(-c3cc[n+](C)cc3)cc2)c2ccc(-c3cc[n+](C)cc3)cc2)cc1. The van der Waals surface area contributed by atoms with Gasteiger partial charge in [-0.2, -0.15) is 0 Å². The van der Waals surface area contributed by atoms with Crippen molar-refractivity contribution < 1.29 is 18.7 Å². The minimum Gasteiger partial charge on any atom is -0.463 e. The summed E-state index contributed by atoms with van der Waals surface area (Å²) < 4.78 is 9.37. The van der Waals surface area contributed by atoms with Gasteiger partial charge < -0.3 is 9.64 Å². The van der Waals surface area contributed by atoms with Crippen LogP contribution in [0.5, 0.6) is 0 Å². The van der Waals surface area contributed by atoms with E-state index in [1.54, 1.807) is 6.08 Å². The van der Waals surface area contributed by atoms with E-state index in [-0.39, 0.29) is 5.97 Å². The molecule has 5 heteroatoms. The van der Waals surface area contributed by atoms with Crippen molar-refractivity contribution in [3.05, 3.63) is 133 Å². The van der Waals surface area contributed by atoms with E-state index in [0.717, 1.165) is 41.9 Å². The van der Waals surface area contributed by atoms with Crippen LogP contribution < -0.4 is 14.0 Å². The van der Waals surface area contributed by atoms with Gasteiger partial charge in [0.2, 0.25) is 0 Å². The quantitative estimate of drug-likeness (QED) is 0.0703. The number of esters is 1. The highest BCUT2D eigenvalue weighted by molar-refractivity contribution is 5.87. The normalized spacial score (nSPS) is 11.0. The molecule has 5 aromatic rings. The molecule has 43 heavy (non-hydrogen) atoms. The number of unbranched alkanes of at least 4 members (excludes halogenated alkanes) is 2. The lowest BCUT2D eigenvalue weighted by molar-refractivity contribution is -0.671. The molecule has 5 nitrogen and oxygen atoms in total. The molecule has 0 N–H and O–H groups in total. The van der Waals surface area contributed by atoms with Gasteiger partial charge in [0.15, 0.2) is 24.8 Å². The van der Waals surface area contributed by atoms with Crippen LogP contribution in [-0.2, 0) is 23.6 Å². The number of aromatic nitrogens is 2. The maximum atomic E-state index is 12.1. The molecule has 3 aromatic carbocycles. The number of nitrogens with zero attached hydrogens (tertiary/aromatic N) is 3. The standard InChI is InChI=1S/C38H39N3O2/c1-4-5-6-29-43-38(42)20-9-30-7-14-35(15-8-30)41(36-16-10-31(11-17-36)33-21-25-39(2)26-22-33)37-18-12-32(13-19-37)34-23-27-40(3)28-24-34/h7-28H,4-6,29H2,1-3H3/q+2/b20-9+. The smallest absolute Gasteiger partial charge is 0.330 e. The largest absolute Gasteiger partial charge is 0.463 e. The highest BCUT2D eigenvalue weighted by Gasteiger charge is 2.14. The highest BCUT2D eigenvalue weighted by atomic mass is 16.5. The number of hydrogen-bond acceptors (Lipinski definition) is 3. The monoisotopic (exact) mass is 569 g/mol. The van der Waals surface area contributed by atoms with E-state index in [1.165, 1.54) is 28.3 Å². The third-order valence-electron chi connectivity index (χ3n) is 7.43. The molecular weight excluding hydrogens is 530 g/mol. The molecule has 2 aromatic heterocycles. The predicted molar refractivity (Wildman–Crippen MR) is 174 cm³/mol. The van der Waals surface area contributed by atoms with Gasteiger partial charge in [-0.3, -0.25) is 0 Å². The Bertz CT molecular complexity index is 1550. The first-order chi connectivity index (χ1) is 21.0. The van der Waals surface area contributed by atoms with Gasteiger partial charge in [0.25, 0.3) is 0 Å². The maximum absolute atomic E-state index is 12.1. The second-order valence-electron chi connectivity index (χ2n) is 10.7. The van der Waals surface area contributed by atoms with Crippen molar-refractivity contribution >= 4 is 29.1 Å². The Morgan fingerprint density at radius 2 is 1.05 bits per heavy atom. The molecule has 5 rings (SSSR count). The first kappa shape index (κ1) is 29.5. The van der Waals surface area contributed by atoms with Gasteiger partial charge in [0.1, 0.15) is 14.1 Å². The molecular formula is C38H39N3O2+2. The fourth-order valence-electron chi connectivity index (χ4n) is 4.91. The summed E-state index contributed by atoms with van der Waals surface area (Å²) in [5.74, 6) is -0.304. The lowest BCUT2D eigenvalue weighted by Crippen LogP contribution is -2.25. The predicted octanol–water partition coefficient (Wildman–Crippen LogP) is 7.89. The summed E-state index contributed by atoms with van der Waals surface area (Å²) in [4.78, 5) is 14.3. The van der Waals surface area contributed by atoms with Crippen LogP contribution in [0.15, 0.2) is 128 Å². The van der Waals surface area contributed by atoms with E-state index in [0.29, 0.717) is 6.61 Å². The number of benzene rings is 3. The average molecular weight is 570 g/mol. The summed E-state index contributed by atoms with van der Waals surface area (Å²) in [5, 5.41) is 0. The minimum absolute atomic E-state index is 0.304. The number of carbonyl (C=O) groups excluding carboxylic acids is 1. The zero-order valence-corrected chi connectivity index (χ0v) is 25.2. The van der Waals surface area contributed by atoms with Gasteiger partial charge in [-0.25, -0.2) is 13.9 Å². The van der Waals surface area contributed by atoms with Gasteiger partial charge in [-0.05, 0) is 76.7 Å². The Labute approximate surface area is 255 Å². The van der Waals surface area contributed by atoms with Gasteiger partial charge in [-0.1, -0.05) is 56.2 Å². The van der Waals surface area contributed by atoms with E-state index in [2.05, 4.69) is 122 Å². The van der Waals surface area contributed by atoms with Gasteiger partial charge >= 0.3 is 5.97 Å². The molecule has 0 spiro atoms. The number of pyridine rings is 2. The summed E-state index contributed by atoms with van der Waals surface area (Å²) in [7, 11) is 4.05. The van der Waals surface area contributed by atoms with Crippen molar-refractivity contribution in [3.63, 3.8) is 0 Å². The number of carbonyl (C=O) groups is 1. The molecule has 0 unspecified atom stereocenters. The van der Waals surface area contributed by atoms with E-state index >= 15 is 0 Å². The minimum atomic E-state index is -0.304. The van der Waals surface area contributed by atoms with Crippen molar-refractivity contribution in [2.75, 3.05) is 11.5 Å².